The molecule has 24 heavy (non-hydrogen) atoms. The molecule has 1 aromatic heterocycles. The Morgan fingerprint density at radius 1 is 1.21 bits per heavy atom. The number of nitrogens with one attached hydrogen (secondary N) is 1. The third-order valence-corrected chi connectivity index (χ3v) is 5.35. The van der Waals surface area contributed by atoms with E-state index in [1.54, 1.807) is 0 Å². The Kier molecular flexibility index (Phi) is 5.99. The van der Waals surface area contributed by atoms with Gasteiger partial charge in [0.1, 0.15) is 5.69 Å². The van der Waals surface area contributed by atoms with Gasteiger partial charge in [0.15, 0.2) is 0 Å². The molecule has 0 saturated carbocycles. The van der Waals surface area contributed by atoms with Crippen LogP contribution in [0.2, 0.25) is 0 Å². The number of carbonyl (C=O) groups excluding carboxylic acids is 1. The standard InChI is InChI=1S/C19H25N3OS/c1-15-21-17(14-24-15)19(23)20-13-18(16-9-5-4-6-10-16)22-11-7-2-3-8-12-22/h4-6,9-10,14,18H,2-3,7-8,11-13H2,1H3,(H,20,23). The fourth-order valence-electron chi connectivity index (χ4n) is 3.29. The summed E-state index contributed by atoms with van der Waals surface area (Å²) in [4.78, 5) is 19.2. The maximum Gasteiger partial charge on any atom is 0.270 e. The fourth-order valence-corrected chi connectivity index (χ4v) is 3.88. The van der Waals surface area contributed by atoms with Crippen LogP contribution in [0.15, 0.2) is 35.7 Å². The molecule has 0 aliphatic carbocycles. The summed E-state index contributed by atoms with van der Waals surface area (Å²) in [5.74, 6) is -0.0740. The molecular weight excluding hydrogens is 318 g/mol. The van der Waals surface area contributed by atoms with Gasteiger partial charge in [-0.1, -0.05) is 43.2 Å². The maximum atomic E-state index is 12.4. The zero-order valence-electron chi connectivity index (χ0n) is 14.2. The van der Waals surface area contributed by atoms with Crippen molar-refractivity contribution in [2.75, 3.05) is 19.6 Å². The van der Waals surface area contributed by atoms with E-state index in [-0.39, 0.29) is 11.9 Å². The van der Waals surface area contributed by atoms with E-state index >= 15 is 0 Å². The Morgan fingerprint density at radius 2 is 1.92 bits per heavy atom. The lowest BCUT2D eigenvalue weighted by atomic mass is 10.0. The minimum atomic E-state index is -0.0740. The van der Waals surface area contributed by atoms with E-state index in [0.29, 0.717) is 12.2 Å². The van der Waals surface area contributed by atoms with Crippen molar-refractivity contribution in [3.63, 3.8) is 0 Å². The molecule has 1 aliphatic heterocycles. The number of likely N-dealkylation sites (tertiary alicyclic amines) is 1. The molecule has 1 aliphatic rings. The van der Waals surface area contributed by atoms with Crippen LogP contribution in [0.25, 0.3) is 0 Å². The van der Waals surface area contributed by atoms with Crippen LogP contribution in [0, 0.1) is 6.92 Å². The lowest BCUT2D eigenvalue weighted by molar-refractivity contribution is 0.0929. The van der Waals surface area contributed by atoms with Gasteiger partial charge < -0.3 is 5.32 Å². The first-order chi connectivity index (χ1) is 11.7. The normalized spacial score (nSPS) is 17.2. The summed E-state index contributed by atoms with van der Waals surface area (Å²) < 4.78 is 0. The van der Waals surface area contributed by atoms with Crippen molar-refractivity contribution in [2.24, 2.45) is 0 Å². The lowest BCUT2D eigenvalue weighted by Gasteiger charge is -2.31. The van der Waals surface area contributed by atoms with Crippen molar-refractivity contribution in [2.45, 2.75) is 38.6 Å². The zero-order valence-corrected chi connectivity index (χ0v) is 15.0. The Balaban J connectivity index is 1.71. The molecule has 1 saturated heterocycles. The second-order valence-corrected chi connectivity index (χ2v) is 7.40. The quantitative estimate of drug-likeness (QED) is 0.898. The molecular formula is C19H25N3OS. The lowest BCUT2D eigenvalue weighted by Crippen LogP contribution is -2.38. The molecule has 1 aromatic carbocycles. The van der Waals surface area contributed by atoms with E-state index in [1.165, 1.54) is 42.6 Å². The van der Waals surface area contributed by atoms with Crippen molar-refractivity contribution < 1.29 is 4.79 Å². The van der Waals surface area contributed by atoms with Crippen LogP contribution >= 0.6 is 11.3 Å². The number of thiazole rings is 1. The summed E-state index contributed by atoms with van der Waals surface area (Å²) in [7, 11) is 0. The van der Waals surface area contributed by atoms with Crippen molar-refractivity contribution >= 4 is 17.2 Å². The van der Waals surface area contributed by atoms with E-state index < -0.39 is 0 Å². The summed E-state index contributed by atoms with van der Waals surface area (Å²) in [5, 5.41) is 5.84. The van der Waals surface area contributed by atoms with E-state index in [9.17, 15) is 4.79 Å². The smallest absolute Gasteiger partial charge is 0.270 e. The third kappa shape index (κ3) is 4.42. The number of hydrogen-bond acceptors (Lipinski definition) is 4. The number of aryl methyl sites for hydroxylation is 1. The first-order valence-electron chi connectivity index (χ1n) is 8.73. The maximum absolute atomic E-state index is 12.4. The van der Waals surface area contributed by atoms with Gasteiger partial charge in [0.25, 0.3) is 5.91 Å². The van der Waals surface area contributed by atoms with Crippen molar-refractivity contribution in [1.82, 2.24) is 15.2 Å². The first-order valence-corrected chi connectivity index (χ1v) is 9.61. The monoisotopic (exact) mass is 343 g/mol. The second kappa shape index (κ2) is 8.40. The Morgan fingerprint density at radius 3 is 2.54 bits per heavy atom. The van der Waals surface area contributed by atoms with Crippen LogP contribution in [0.1, 0.15) is 52.8 Å². The Labute approximate surface area is 147 Å². The molecule has 1 unspecified atom stereocenters. The van der Waals surface area contributed by atoms with Gasteiger partial charge in [-0.15, -0.1) is 11.3 Å². The molecule has 0 bridgehead atoms. The third-order valence-electron chi connectivity index (χ3n) is 4.57. The number of benzene rings is 1. The molecule has 2 heterocycles. The second-order valence-electron chi connectivity index (χ2n) is 6.34. The molecule has 4 nitrogen and oxygen atoms in total. The molecule has 0 radical (unpaired) electrons. The van der Waals surface area contributed by atoms with Crippen molar-refractivity contribution in [3.8, 4) is 0 Å². The Hall–Kier alpha value is -1.72. The molecule has 128 valence electrons. The molecule has 1 N–H and O–H groups in total. The summed E-state index contributed by atoms with van der Waals surface area (Å²) in [6.07, 6.45) is 5.09. The zero-order chi connectivity index (χ0) is 16.8. The van der Waals surface area contributed by atoms with Crippen LogP contribution < -0.4 is 5.32 Å². The van der Waals surface area contributed by atoms with Gasteiger partial charge in [0.2, 0.25) is 0 Å². The van der Waals surface area contributed by atoms with Gasteiger partial charge in [-0.05, 0) is 38.4 Å². The SMILES string of the molecule is Cc1nc(C(=O)NCC(c2ccccc2)N2CCCCCC2)cs1. The Bertz CT molecular complexity index is 648. The minimum Gasteiger partial charge on any atom is -0.349 e. The fraction of sp³-hybridized carbons (Fsp3) is 0.474. The van der Waals surface area contributed by atoms with Crippen molar-refractivity contribution in [3.05, 3.63) is 52.0 Å². The molecule has 1 fully saturated rings. The predicted octanol–water partition coefficient (Wildman–Crippen LogP) is 3.80. The highest BCUT2D eigenvalue weighted by Gasteiger charge is 2.22. The van der Waals surface area contributed by atoms with Gasteiger partial charge in [-0.2, -0.15) is 0 Å². The number of hydrogen-bond donors (Lipinski definition) is 1. The largest absolute Gasteiger partial charge is 0.349 e. The molecule has 1 amide bonds. The van der Waals surface area contributed by atoms with Gasteiger partial charge in [0.05, 0.1) is 11.0 Å². The first kappa shape index (κ1) is 17.1. The average molecular weight is 343 g/mol. The van der Waals surface area contributed by atoms with Crippen LogP contribution in [0.5, 0.6) is 0 Å². The molecule has 3 rings (SSSR count). The van der Waals surface area contributed by atoms with E-state index in [0.717, 1.165) is 18.1 Å². The summed E-state index contributed by atoms with van der Waals surface area (Å²) in [6.45, 7) is 4.75. The topological polar surface area (TPSA) is 45.2 Å². The van der Waals surface area contributed by atoms with Gasteiger partial charge >= 0.3 is 0 Å². The van der Waals surface area contributed by atoms with Crippen LogP contribution in [-0.4, -0.2) is 35.4 Å². The van der Waals surface area contributed by atoms with E-state index in [2.05, 4.69) is 39.5 Å². The van der Waals surface area contributed by atoms with E-state index in [1.807, 2.05) is 18.4 Å². The molecule has 1 atom stereocenters. The summed E-state index contributed by atoms with van der Waals surface area (Å²) in [5.41, 5.74) is 1.80. The van der Waals surface area contributed by atoms with Crippen LogP contribution in [0.4, 0.5) is 0 Å². The van der Waals surface area contributed by atoms with E-state index in [4.69, 9.17) is 0 Å². The molecule has 5 heteroatoms. The number of amides is 1. The number of nitrogens with zero attached hydrogens (tertiary/aromatic N) is 2. The summed E-state index contributed by atoms with van der Waals surface area (Å²) in [6, 6.07) is 10.7. The number of aromatic nitrogens is 1. The number of carbonyl (C=O) groups is 1. The molecule has 0 spiro atoms. The molecule has 2 aromatic rings. The van der Waals surface area contributed by atoms with Gasteiger partial charge in [-0.3, -0.25) is 9.69 Å². The van der Waals surface area contributed by atoms with Gasteiger partial charge in [0, 0.05) is 11.9 Å². The summed E-state index contributed by atoms with van der Waals surface area (Å²) >= 11 is 1.51. The minimum absolute atomic E-state index is 0.0740. The highest BCUT2D eigenvalue weighted by Crippen LogP contribution is 2.23. The highest BCUT2D eigenvalue weighted by molar-refractivity contribution is 7.09. The predicted molar refractivity (Wildman–Crippen MR) is 98.4 cm³/mol. The van der Waals surface area contributed by atoms with Gasteiger partial charge in [-0.25, -0.2) is 4.98 Å². The number of rotatable bonds is 5. The highest BCUT2D eigenvalue weighted by atomic mass is 32.1. The van der Waals surface area contributed by atoms with Crippen molar-refractivity contribution in [1.29, 1.82) is 0 Å². The average Bonchev–Trinajstić information content (AvgIpc) is 2.87. The van der Waals surface area contributed by atoms with Crippen LogP contribution in [0.3, 0.4) is 0 Å². The van der Waals surface area contributed by atoms with Crippen LogP contribution in [-0.2, 0) is 0 Å².